The van der Waals surface area contributed by atoms with Crippen LogP contribution in [0.25, 0.3) is 0 Å². The highest BCUT2D eigenvalue weighted by Crippen LogP contribution is 2.21. The molecule has 0 radical (unpaired) electrons. The number of hydrogen-bond acceptors (Lipinski definition) is 4. The molecule has 0 unspecified atom stereocenters. The number of hydrogen-bond donors (Lipinski definition) is 1. The van der Waals surface area contributed by atoms with Crippen LogP contribution in [0.5, 0.6) is 5.75 Å². The van der Waals surface area contributed by atoms with Gasteiger partial charge >= 0.3 is 0 Å². The van der Waals surface area contributed by atoms with E-state index >= 15 is 0 Å². The summed E-state index contributed by atoms with van der Waals surface area (Å²) in [4.78, 5) is 17.4. The van der Waals surface area contributed by atoms with Gasteiger partial charge < -0.3 is 19.9 Å². The van der Waals surface area contributed by atoms with Crippen LogP contribution >= 0.6 is 0 Å². The Hall–Kier alpha value is -2.53. The summed E-state index contributed by atoms with van der Waals surface area (Å²) in [6.07, 6.45) is 0.0941. The fourth-order valence-electron chi connectivity index (χ4n) is 3.53. The van der Waals surface area contributed by atoms with Crippen molar-refractivity contribution in [1.82, 2.24) is 4.90 Å². The smallest absolute Gasteiger partial charge is 0.265 e. The molecule has 1 fully saturated rings. The summed E-state index contributed by atoms with van der Waals surface area (Å²) in [6, 6.07) is 14.1. The first-order valence-electron chi connectivity index (χ1n) is 10.0. The summed E-state index contributed by atoms with van der Waals surface area (Å²) in [7, 11) is 2.15. The third-order valence-electron chi connectivity index (χ3n) is 5.14. The zero-order chi connectivity index (χ0) is 20.1. The van der Waals surface area contributed by atoms with E-state index in [4.69, 9.17) is 4.74 Å². The lowest BCUT2D eigenvalue weighted by Crippen LogP contribution is -2.44. The number of likely N-dealkylation sites (N-methyl/N-ethyl adjacent to an activating group) is 1. The van der Waals surface area contributed by atoms with Crippen molar-refractivity contribution in [3.63, 3.8) is 0 Å². The topological polar surface area (TPSA) is 44.8 Å². The molecule has 28 heavy (non-hydrogen) atoms. The molecule has 0 saturated carbocycles. The number of anilines is 2. The lowest BCUT2D eigenvalue weighted by molar-refractivity contribution is -0.122. The molecule has 150 valence electrons. The highest BCUT2D eigenvalue weighted by atomic mass is 16.5. The molecule has 1 heterocycles. The first kappa shape index (κ1) is 20.2. The van der Waals surface area contributed by atoms with E-state index in [2.05, 4.69) is 40.4 Å². The van der Waals surface area contributed by atoms with Crippen LogP contribution in [0.15, 0.2) is 42.5 Å². The second-order valence-electron chi connectivity index (χ2n) is 7.66. The molecule has 0 spiro atoms. The predicted molar refractivity (Wildman–Crippen MR) is 115 cm³/mol. The van der Waals surface area contributed by atoms with Crippen LogP contribution < -0.4 is 15.0 Å². The zero-order valence-corrected chi connectivity index (χ0v) is 17.4. The average molecular weight is 382 g/mol. The molecule has 1 atom stereocenters. The molecule has 1 saturated heterocycles. The normalized spacial score (nSPS) is 15.9. The average Bonchev–Trinajstić information content (AvgIpc) is 2.66. The monoisotopic (exact) mass is 381 g/mol. The van der Waals surface area contributed by atoms with Gasteiger partial charge in [-0.25, -0.2) is 0 Å². The van der Waals surface area contributed by atoms with Gasteiger partial charge in [-0.05, 0) is 74.8 Å². The SMILES string of the molecule is CC[C@H](Oc1cc(C)cc(C)c1)C(=O)Nc1ccc(N2CCN(C)CC2)cc1. The number of piperazine rings is 1. The van der Waals surface area contributed by atoms with Gasteiger partial charge in [-0.3, -0.25) is 4.79 Å². The first-order valence-corrected chi connectivity index (χ1v) is 10.0. The van der Waals surface area contributed by atoms with Crippen molar-refractivity contribution in [2.45, 2.75) is 33.3 Å². The minimum atomic E-state index is -0.515. The molecule has 0 aromatic heterocycles. The van der Waals surface area contributed by atoms with Crippen LogP contribution in [0, 0.1) is 13.8 Å². The van der Waals surface area contributed by atoms with E-state index in [-0.39, 0.29) is 5.91 Å². The van der Waals surface area contributed by atoms with Crippen molar-refractivity contribution < 1.29 is 9.53 Å². The van der Waals surface area contributed by atoms with Gasteiger partial charge in [-0.15, -0.1) is 0 Å². The summed E-state index contributed by atoms with van der Waals surface area (Å²) in [5.74, 6) is 0.624. The van der Waals surface area contributed by atoms with Gasteiger partial charge in [0.25, 0.3) is 5.91 Å². The molecular weight excluding hydrogens is 350 g/mol. The molecule has 5 nitrogen and oxygen atoms in total. The third kappa shape index (κ3) is 5.26. The van der Waals surface area contributed by atoms with Gasteiger partial charge in [0.1, 0.15) is 5.75 Å². The molecule has 0 aliphatic carbocycles. The van der Waals surface area contributed by atoms with Crippen LogP contribution in [0.2, 0.25) is 0 Å². The number of carbonyl (C=O) groups excluding carboxylic acids is 1. The van der Waals surface area contributed by atoms with Gasteiger partial charge in [-0.2, -0.15) is 0 Å². The van der Waals surface area contributed by atoms with Crippen molar-refractivity contribution in [2.24, 2.45) is 0 Å². The van der Waals surface area contributed by atoms with Crippen molar-refractivity contribution in [2.75, 3.05) is 43.4 Å². The van der Waals surface area contributed by atoms with Crippen molar-refractivity contribution in [1.29, 1.82) is 0 Å². The molecule has 1 aliphatic heterocycles. The van der Waals surface area contributed by atoms with E-state index in [0.717, 1.165) is 48.7 Å². The number of rotatable bonds is 6. The van der Waals surface area contributed by atoms with Crippen LogP contribution in [0.3, 0.4) is 0 Å². The Labute approximate surface area is 168 Å². The van der Waals surface area contributed by atoms with Gasteiger partial charge in [0.15, 0.2) is 6.10 Å². The number of benzene rings is 2. The fraction of sp³-hybridized carbons (Fsp3) is 0.435. The maximum absolute atomic E-state index is 12.7. The van der Waals surface area contributed by atoms with Crippen molar-refractivity contribution in [3.05, 3.63) is 53.6 Å². The first-order chi connectivity index (χ1) is 13.4. The summed E-state index contributed by atoms with van der Waals surface area (Å²) < 4.78 is 5.96. The maximum Gasteiger partial charge on any atom is 0.265 e. The number of amides is 1. The largest absolute Gasteiger partial charge is 0.481 e. The standard InChI is InChI=1S/C23H31N3O2/c1-5-22(28-21-15-17(2)14-18(3)16-21)23(27)24-19-6-8-20(9-7-19)26-12-10-25(4)11-13-26/h6-9,14-16,22H,5,10-13H2,1-4H3,(H,24,27)/t22-/m0/s1. The lowest BCUT2D eigenvalue weighted by Gasteiger charge is -2.34. The molecule has 2 aromatic rings. The second-order valence-corrected chi connectivity index (χ2v) is 7.66. The van der Waals surface area contributed by atoms with Crippen molar-refractivity contribution in [3.8, 4) is 5.75 Å². The van der Waals surface area contributed by atoms with Gasteiger partial charge in [0.2, 0.25) is 0 Å². The second kappa shape index (κ2) is 9.11. The molecule has 1 N–H and O–H groups in total. The predicted octanol–water partition coefficient (Wildman–Crippen LogP) is 3.85. The molecule has 3 rings (SSSR count). The fourth-order valence-corrected chi connectivity index (χ4v) is 3.53. The Morgan fingerprint density at radius 3 is 2.21 bits per heavy atom. The minimum absolute atomic E-state index is 0.117. The highest BCUT2D eigenvalue weighted by molar-refractivity contribution is 5.94. The molecule has 2 aromatic carbocycles. The van der Waals surface area contributed by atoms with Gasteiger partial charge in [0.05, 0.1) is 0 Å². The van der Waals surface area contributed by atoms with Crippen LogP contribution in [-0.2, 0) is 4.79 Å². The van der Waals surface area contributed by atoms with E-state index in [1.165, 1.54) is 5.69 Å². The van der Waals surface area contributed by atoms with Crippen LogP contribution in [0.1, 0.15) is 24.5 Å². The van der Waals surface area contributed by atoms with E-state index in [1.807, 2.05) is 45.0 Å². The van der Waals surface area contributed by atoms with Crippen molar-refractivity contribution >= 4 is 17.3 Å². The summed E-state index contributed by atoms with van der Waals surface area (Å²) in [6.45, 7) is 10.2. The van der Waals surface area contributed by atoms with Gasteiger partial charge in [0, 0.05) is 37.6 Å². The Morgan fingerprint density at radius 1 is 1.04 bits per heavy atom. The number of carbonyl (C=O) groups is 1. The van der Waals surface area contributed by atoms with E-state index < -0.39 is 6.10 Å². The number of nitrogens with one attached hydrogen (secondary N) is 1. The number of ether oxygens (including phenoxy) is 1. The van der Waals surface area contributed by atoms with Crippen LogP contribution in [-0.4, -0.2) is 50.1 Å². The molecule has 1 aliphatic rings. The third-order valence-corrected chi connectivity index (χ3v) is 5.14. The summed E-state index contributed by atoms with van der Waals surface area (Å²) in [5, 5.41) is 2.99. The van der Waals surface area contributed by atoms with Crippen LogP contribution in [0.4, 0.5) is 11.4 Å². The number of nitrogens with zero attached hydrogens (tertiary/aromatic N) is 2. The van der Waals surface area contributed by atoms with E-state index in [0.29, 0.717) is 6.42 Å². The Bertz CT molecular complexity index is 776. The quantitative estimate of drug-likeness (QED) is 0.825. The maximum atomic E-state index is 12.7. The molecule has 0 bridgehead atoms. The molecule has 5 heteroatoms. The molecule has 1 amide bonds. The zero-order valence-electron chi connectivity index (χ0n) is 17.4. The Morgan fingerprint density at radius 2 is 1.64 bits per heavy atom. The van der Waals surface area contributed by atoms with E-state index in [9.17, 15) is 4.79 Å². The van der Waals surface area contributed by atoms with E-state index in [1.54, 1.807) is 0 Å². The summed E-state index contributed by atoms with van der Waals surface area (Å²) >= 11 is 0. The Balaban J connectivity index is 1.60. The molecular formula is C23H31N3O2. The highest BCUT2D eigenvalue weighted by Gasteiger charge is 2.19. The lowest BCUT2D eigenvalue weighted by atomic mass is 10.1. The Kier molecular flexibility index (Phi) is 6.57. The van der Waals surface area contributed by atoms with Gasteiger partial charge in [-0.1, -0.05) is 13.0 Å². The summed E-state index contributed by atoms with van der Waals surface area (Å²) in [5.41, 5.74) is 4.25. The number of aryl methyl sites for hydroxylation is 2. The minimum Gasteiger partial charge on any atom is -0.481 e.